The van der Waals surface area contributed by atoms with E-state index in [0.717, 1.165) is 37.8 Å². The van der Waals surface area contributed by atoms with E-state index >= 15 is 0 Å². The fourth-order valence-electron chi connectivity index (χ4n) is 3.16. The lowest BCUT2D eigenvalue weighted by molar-refractivity contribution is -0.126. The number of nitrogens with one attached hydrogen (secondary N) is 2. The molecule has 162 valence electrons. The van der Waals surface area contributed by atoms with Crippen LogP contribution in [-0.4, -0.2) is 61.5 Å². The molecule has 3 N–H and O–H groups in total. The predicted octanol–water partition coefficient (Wildman–Crippen LogP) is 2.59. The number of hydrogen-bond acceptors (Lipinski definition) is 4. The molecule has 0 aromatic heterocycles. The fraction of sp³-hybridized carbons (Fsp3) is 0.550. The number of benzene rings is 1. The lowest BCUT2D eigenvalue weighted by atomic mass is 9.85. The lowest BCUT2D eigenvalue weighted by Crippen LogP contribution is -2.42. The highest BCUT2D eigenvalue weighted by Gasteiger charge is 2.26. The maximum absolute atomic E-state index is 12.2. The van der Waals surface area contributed by atoms with E-state index in [9.17, 15) is 9.59 Å². The number of likely N-dealkylation sites (N-methyl/N-ethyl adjacent to an activating group) is 1. The number of carbonyl (C=O) groups excluding carboxylic acids is 2. The molecule has 7 nitrogen and oxygen atoms in total. The lowest BCUT2D eigenvalue weighted by Gasteiger charge is -2.28. The first kappa shape index (κ1) is 25.2. The van der Waals surface area contributed by atoms with Gasteiger partial charge < -0.3 is 20.6 Å². The van der Waals surface area contributed by atoms with E-state index in [2.05, 4.69) is 10.6 Å². The Kier molecular flexibility index (Phi) is 11.7. The molecule has 2 amide bonds. The van der Waals surface area contributed by atoms with Crippen LogP contribution in [0.3, 0.4) is 0 Å². The molecule has 0 atom stereocenters. The van der Waals surface area contributed by atoms with Gasteiger partial charge in [0.1, 0.15) is 0 Å². The number of nitrogens with zero attached hydrogens (tertiary/aromatic N) is 1. The first-order valence-corrected chi connectivity index (χ1v) is 10.3. The summed E-state index contributed by atoms with van der Waals surface area (Å²) < 4.78 is 0. The average Bonchev–Trinajstić information content (AvgIpc) is 2.65. The zero-order valence-corrected chi connectivity index (χ0v) is 18.3. The standard InChI is InChI=1S/C19H27Cl2N3O2.CH2O2/c1-24(2)10-9-22-19(26)14-4-6-15(7-5-14)23-18(25)12-13-3-8-16(20)17(21)11-13;2-1-3/h3,8,11,14-15H,4-7,9-10,12H2,1-2H3,(H,22,26)(H,23,25);1H,(H,2,3). The minimum atomic E-state index is -0.250. The average molecular weight is 446 g/mol. The molecule has 1 aromatic carbocycles. The SMILES string of the molecule is CN(C)CCNC(=O)C1CCC(NC(=O)Cc2ccc(Cl)c(Cl)c2)CC1.O=CO. The summed E-state index contributed by atoms with van der Waals surface area (Å²) in [6.45, 7) is 1.26. The largest absolute Gasteiger partial charge is 0.483 e. The quantitative estimate of drug-likeness (QED) is 0.560. The number of carboxylic acid groups (broad SMARTS) is 1. The van der Waals surface area contributed by atoms with Gasteiger partial charge in [0, 0.05) is 25.0 Å². The number of halogens is 2. The predicted molar refractivity (Wildman–Crippen MR) is 114 cm³/mol. The van der Waals surface area contributed by atoms with Crippen LogP contribution in [0.5, 0.6) is 0 Å². The number of carbonyl (C=O) groups is 3. The first-order chi connectivity index (χ1) is 13.8. The van der Waals surface area contributed by atoms with E-state index in [4.69, 9.17) is 33.1 Å². The van der Waals surface area contributed by atoms with Crippen molar-refractivity contribution in [3.8, 4) is 0 Å². The van der Waals surface area contributed by atoms with Gasteiger partial charge in [-0.2, -0.15) is 0 Å². The third kappa shape index (κ3) is 9.96. The number of rotatable bonds is 7. The van der Waals surface area contributed by atoms with Crippen LogP contribution in [0.4, 0.5) is 0 Å². The van der Waals surface area contributed by atoms with Gasteiger partial charge in [0.05, 0.1) is 16.5 Å². The second-order valence-corrected chi connectivity index (χ2v) is 8.06. The van der Waals surface area contributed by atoms with Crippen molar-refractivity contribution >= 4 is 41.5 Å². The van der Waals surface area contributed by atoms with Crippen LogP contribution in [0.15, 0.2) is 18.2 Å². The molecule has 1 fully saturated rings. The van der Waals surface area contributed by atoms with Crippen molar-refractivity contribution in [1.82, 2.24) is 15.5 Å². The zero-order valence-electron chi connectivity index (χ0n) is 16.8. The van der Waals surface area contributed by atoms with Crippen molar-refractivity contribution in [3.05, 3.63) is 33.8 Å². The molecular weight excluding hydrogens is 417 g/mol. The molecule has 1 saturated carbocycles. The Morgan fingerprint density at radius 2 is 1.79 bits per heavy atom. The molecule has 0 unspecified atom stereocenters. The van der Waals surface area contributed by atoms with Crippen LogP contribution in [-0.2, 0) is 20.8 Å². The monoisotopic (exact) mass is 445 g/mol. The van der Waals surface area contributed by atoms with E-state index in [-0.39, 0.29) is 36.7 Å². The van der Waals surface area contributed by atoms with Crippen molar-refractivity contribution < 1.29 is 19.5 Å². The van der Waals surface area contributed by atoms with Gasteiger partial charge in [-0.05, 0) is 57.5 Å². The molecule has 1 aromatic rings. The maximum Gasteiger partial charge on any atom is 0.290 e. The molecule has 1 aliphatic carbocycles. The van der Waals surface area contributed by atoms with Gasteiger partial charge in [0.25, 0.3) is 6.47 Å². The molecule has 0 spiro atoms. The van der Waals surface area contributed by atoms with E-state index in [1.54, 1.807) is 12.1 Å². The summed E-state index contributed by atoms with van der Waals surface area (Å²) in [6.07, 6.45) is 3.57. The summed E-state index contributed by atoms with van der Waals surface area (Å²) in [5.74, 6) is 0.162. The molecule has 1 aliphatic rings. The van der Waals surface area contributed by atoms with E-state index in [0.29, 0.717) is 16.6 Å². The van der Waals surface area contributed by atoms with E-state index < -0.39 is 0 Å². The minimum Gasteiger partial charge on any atom is -0.483 e. The topological polar surface area (TPSA) is 98.7 Å². The van der Waals surface area contributed by atoms with Crippen LogP contribution < -0.4 is 10.6 Å². The zero-order chi connectivity index (χ0) is 21.8. The molecule has 0 saturated heterocycles. The third-order valence-corrected chi connectivity index (χ3v) is 5.41. The minimum absolute atomic E-state index is 0.0257. The van der Waals surface area contributed by atoms with Gasteiger partial charge in [-0.3, -0.25) is 14.4 Å². The molecule has 0 radical (unpaired) electrons. The Hall–Kier alpha value is -1.83. The van der Waals surface area contributed by atoms with Crippen LogP contribution in [0.25, 0.3) is 0 Å². The number of hydrogen-bond donors (Lipinski definition) is 3. The van der Waals surface area contributed by atoms with Gasteiger partial charge in [0.2, 0.25) is 11.8 Å². The summed E-state index contributed by atoms with van der Waals surface area (Å²) >= 11 is 11.9. The summed E-state index contributed by atoms with van der Waals surface area (Å²) in [6, 6.07) is 5.37. The van der Waals surface area contributed by atoms with Gasteiger partial charge in [-0.15, -0.1) is 0 Å². The molecular formula is C20H29Cl2N3O4. The van der Waals surface area contributed by atoms with Crippen molar-refractivity contribution in [1.29, 1.82) is 0 Å². The Morgan fingerprint density at radius 1 is 1.17 bits per heavy atom. The highest BCUT2D eigenvalue weighted by Crippen LogP contribution is 2.25. The van der Waals surface area contributed by atoms with Crippen LogP contribution in [0.2, 0.25) is 10.0 Å². The van der Waals surface area contributed by atoms with E-state index in [1.807, 2.05) is 25.1 Å². The normalized spacial score (nSPS) is 18.4. The van der Waals surface area contributed by atoms with Crippen LogP contribution in [0.1, 0.15) is 31.2 Å². The summed E-state index contributed by atoms with van der Waals surface area (Å²) in [4.78, 5) is 34.8. The van der Waals surface area contributed by atoms with Crippen LogP contribution in [0, 0.1) is 5.92 Å². The number of amides is 2. The van der Waals surface area contributed by atoms with Crippen molar-refractivity contribution in [2.45, 2.75) is 38.1 Å². The molecule has 0 aliphatic heterocycles. The van der Waals surface area contributed by atoms with E-state index in [1.165, 1.54) is 0 Å². The first-order valence-electron chi connectivity index (χ1n) is 9.50. The van der Waals surface area contributed by atoms with Crippen molar-refractivity contribution in [3.63, 3.8) is 0 Å². The molecule has 9 heteroatoms. The molecule has 0 bridgehead atoms. The van der Waals surface area contributed by atoms with Gasteiger partial charge in [-0.1, -0.05) is 29.3 Å². The highest BCUT2D eigenvalue weighted by molar-refractivity contribution is 6.42. The smallest absolute Gasteiger partial charge is 0.290 e. The van der Waals surface area contributed by atoms with Crippen molar-refractivity contribution in [2.24, 2.45) is 5.92 Å². The van der Waals surface area contributed by atoms with Crippen LogP contribution >= 0.6 is 23.2 Å². The molecule has 0 heterocycles. The van der Waals surface area contributed by atoms with Crippen molar-refractivity contribution in [2.75, 3.05) is 27.2 Å². The molecule has 29 heavy (non-hydrogen) atoms. The van der Waals surface area contributed by atoms with Gasteiger partial charge in [-0.25, -0.2) is 0 Å². The Bertz CT molecular complexity index is 678. The second-order valence-electron chi connectivity index (χ2n) is 7.24. The third-order valence-electron chi connectivity index (χ3n) is 4.67. The van der Waals surface area contributed by atoms with Gasteiger partial charge in [0.15, 0.2) is 0 Å². The summed E-state index contributed by atoms with van der Waals surface area (Å²) in [5.41, 5.74) is 0.839. The fourth-order valence-corrected chi connectivity index (χ4v) is 3.48. The summed E-state index contributed by atoms with van der Waals surface area (Å²) in [7, 11) is 3.97. The Labute approximate surface area is 181 Å². The molecule has 2 rings (SSSR count). The highest BCUT2D eigenvalue weighted by atomic mass is 35.5. The Balaban J connectivity index is 0.00000132. The summed E-state index contributed by atoms with van der Waals surface area (Å²) in [5, 5.41) is 13.9. The Morgan fingerprint density at radius 3 is 2.34 bits per heavy atom. The van der Waals surface area contributed by atoms with Gasteiger partial charge >= 0.3 is 0 Å². The maximum atomic E-state index is 12.2. The second kappa shape index (κ2) is 13.4.